The molecule has 1 atom stereocenters. The van der Waals surface area contributed by atoms with E-state index in [9.17, 15) is 26.4 Å². The number of amides is 1. The van der Waals surface area contributed by atoms with Gasteiger partial charge in [-0.25, -0.2) is 0 Å². The number of ether oxygens (including phenoxy) is 1. The summed E-state index contributed by atoms with van der Waals surface area (Å²) in [6, 6.07) is 7.96. The third-order valence-electron chi connectivity index (χ3n) is 6.09. The molecule has 2 aromatic carbocycles. The minimum atomic E-state index is -4.70. The zero-order chi connectivity index (χ0) is 25.1. The van der Waals surface area contributed by atoms with Crippen LogP contribution in [0.3, 0.4) is 0 Å². The van der Waals surface area contributed by atoms with Crippen LogP contribution < -0.4 is 8.92 Å². The number of halogens is 3. The lowest BCUT2D eigenvalue weighted by molar-refractivity contribution is -0.141. The summed E-state index contributed by atoms with van der Waals surface area (Å²) in [5.74, 6) is -0.00274. The van der Waals surface area contributed by atoms with Gasteiger partial charge in [-0.05, 0) is 62.1 Å². The molecule has 0 bridgehead atoms. The van der Waals surface area contributed by atoms with E-state index in [1.807, 2.05) is 13.8 Å². The van der Waals surface area contributed by atoms with E-state index in [1.54, 1.807) is 11.0 Å². The summed E-state index contributed by atoms with van der Waals surface area (Å²) < 4.78 is 75.0. The number of nitrogens with zero attached hydrogens (tertiary/aromatic N) is 1. The highest BCUT2D eigenvalue weighted by Crippen LogP contribution is 2.35. The van der Waals surface area contributed by atoms with Crippen LogP contribution >= 0.6 is 0 Å². The number of benzene rings is 2. The number of carbonyl (C=O) groups is 1. The molecule has 0 saturated heterocycles. The third kappa shape index (κ3) is 5.84. The lowest BCUT2D eigenvalue weighted by Gasteiger charge is -2.35. The van der Waals surface area contributed by atoms with Crippen LogP contribution in [0.15, 0.2) is 47.4 Å². The topological polar surface area (TPSA) is 72.9 Å². The van der Waals surface area contributed by atoms with Crippen LogP contribution in [0, 0.1) is 5.92 Å². The summed E-state index contributed by atoms with van der Waals surface area (Å²) >= 11 is 0. The van der Waals surface area contributed by atoms with Crippen LogP contribution in [0.4, 0.5) is 13.2 Å². The normalized spacial score (nSPS) is 15.4. The maximum Gasteiger partial charge on any atom is 0.416 e. The summed E-state index contributed by atoms with van der Waals surface area (Å²) in [5, 5.41) is 0. The molecule has 1 aliphatic rings. The molecule has 10 heteroatoms. The second kappa shape index (κ2) is 10.2. The van der Waals surface area contributed by atoms with Gasteiger partial charge in [0.2, 0.25) is 5.91 Å². The average molecular weight is 500 g/mol. The first kappa shape index (κ1) is 25.9. The Morgan fingerprint density at radius 3 is 2.41 bits per heavy atom. The van der Waals surface area contributed by atoms with Crippen molar-refractivity contribution in [3.8, 4) is 11.5 Å². The second-order valence-electron chi connectivity index (χ2n) is 8.40. The Kier molecular flexibility index (Phi) is 7.80. The van der Waals surface area contributed by atoms with E-state index in [-0.39, 0.29) is 35.9 Å². The Bertz CT molecular complexity index is 1130. The smallest absolute Gasteiger partial charge is 0.416 e. The van der Waals surface area contributed by atoms with Crippen molar-refractivity contribution in [2.45, 2.75) is 63.2 Å². The van der Waals surface area contributed by atoms with Crippen LogP contribution in [0.2, 0.25) is 0 Å². The van der Waals surface area contributed by atoms with Crippen LogP contribution in [0.25, 0.3) is 0 Å². The number of carbonyl (C=O) groups excluding carboxylic acids is 1. The zero-order valence-electron chi connectivity index (χ0n) is 19.3. The Morgan fingerprint density at radius 2 is 1.85 bits per heavy atom. The van der Waals surface area contributed by atoms with E-state index < -0.39 is 26.8 Å². The summed E-state index contributed by atoms with van der Waals surface area (Å²) in [7, 11) is -3.26. The van der Waals surface area contributed by atoms with Crippen molar-refractivity contribution in [2.24, 2.45) is 5.92 Å². The fraction of sp³-hybridized carbons (Fsp3) is 0.458. The molecule has 1 saturated carbocycles. The first-order chi connectivity index (χ1) is 16.0. The SMILES string of the molecule is CC[C@H](C)N(Cc1ccc(OC)c(OS(=O)(=O)c2cccc(C(F)(F)F)c2)c1)C(=O)C1CCC1. The standard InChI is InChI=1S/C24H28F3NO5S/c1-4-16(2)28(23(29)18-7-5-8-18)15-17-11-12-21(32-3)22(13-17)33-34(30,31)20-10-6-9-19(14-20)24(25,26)27/h6,9-14,16,18H,4-5,7-8,15H2,1-3H3/t16-/m0/s1. The molecule has 6 nitrogen and oxygen atoms in total. The van der Waals surface area contributed by atoms with Crippen LogP contribution in [0.5, 0.6) is 11.5 Å². The zero-order valence-corrected chi connectivity index (χ0v) is 20.1. The van der Waals surface area contributed by atoms with Gasteiger partial charge in [0, 0.05) is 18.5 Å². The van der Waals surface area contributed by atoms with Gasteiger partial charge in [0.05, 0.1) is 12.7 Å². The van der Waals surface area contributed by atoms with Gasteiger partial charge in [-0.3, -0.25) is 4.79 Å². The molecule has 0 unspecified atom stereocenters. The Balaban J connectivity index is 1.89. The molecule has 0 aliphatic heterocycles. The summed E-state index contributed by atoms with van der Waals surface area (Å²) in [4.78, 5) is 14.1. The molecular weight excluding hydrogens is 471 g/mol. The molecule has 0 aromatic heterocycles. The van der Waals surface area contributed by atoms with Gasteiger partial charge in [0.15, 0.2) is 11.5 Å². The number of hydrogen-bond acceptors (Lipinski definition) is 5. The molecule has 2 aromatic rings. The first-order valence-electron chi connectivity index (χ1n) is 11.1. The van der Waals surface area contributed by atoms with Crippen molar-refractivity contribution in [3.63, 3.8) is 0 Å². The van der Waals surface area contributed by atoms with Crippen molar-refractivity contribution >= 4 is 16.0 Å². The minimum Gasteiger partial charge on any atom is -0.493 e. The monoisotopic (exact) mass is 499 g/mol. The Hall–Kier alpha value is -2.75. The van der Waals surface area contributed by atoms with E-state index in [0.717, 1.165) is 43.9 Å². The van der Waals surface area contributed by atoms with Gasteiger partial charge in [-0.1, -0.05) is 25.5 Å². The third-order valence-corrected chi connectivity index (χ3v) is 7.32. The van der Waals surface area contributed by atoms with Gasteiger partial charge >= 0.3 is 16.3 Å². The van der Waals surface area contributed by atoms with E-state index in [4.69, 9.17) is 8.92 Å². The minimum absolute atomic E-state index is 0.00394. The maximum absolute atomic E-state index is 13.0. The molecule has 1 aliphatic carbocycles. The maximum atomic E-state index is 13.0. The predicted molar refractivity (Wildman–Crippen MR) is 120 cm³/mol. The highest BCUT2D eigenvalue weighted by atomic mass is 32.2. The van der Waals surface area contributed by atoms with Crippen LogP contribution in [-0.4, -0.2) is 32.4 Å². The molecular formula is C24H28F3NO5S. The van der Waals surface area contributed by atoms with Gasteiger partial charge in [-0.2, -0.15) is 21.6 Å². The highest BCUT2D eigenvalue weighted by Gasteiger charge is 2.33. The second-order valence-corrected chi connectivity index (χ2v) is 9.95. The molecule has 1 fully saturated rings. The van der Waals surface area contributed by atoms with Gasteiger partial charge < -0.3 is 13.8 Å². The number of rotatable bonds is 9. The van der Waals surface area contributed by atoms with E-state index in [2.05, 4.69) is 0 Å². The predicted octanol–water partition coefficient (Wildman–Crippen LogP) is 5.41. The lowest BCUT2D eigenvalue weighted by Crippen LogP contribution is -2.43. The van der Waals surface area contributed by atoms with Crippen molar-refractivity contribution in [1.29, 1.82) is 0 Å². The molecule has 3 rings (SSSR count). The quantitative estimate of drug-likeness (QED) is 0.432. The van der Waals surface area contributed by atoms with Gasteiger partial charge in [0.25, 0.3) is 0 Å². The average Bonchev–Trinajstić information content (AvgIpc) is 2.75. The van der Waals surface area contributed by atoms with E-state index >= 15 is 0 Å². The number of hydrogen-bond donors (Lipinski definition) is 0. The first-order valence-corrected chi connectivity index (χ1v) is 12.5. The molecule has 0 radical (unpaired) electrons. The Morgan fingerprint density at radius 1 is 1.15 bits per heavy atom. The van der Waals surface area contributed by atoms with Crippen molar-refractivity contribution in [2.75, 3.05) is 7.11 Å². The number of methoxy groups -OCH3 is 1. The molecule has 0 spiro atoms. The molecule has 0 heterocycles. The summed E-state index contributed by atoms with van der Waals surface area (Å²) in [6.45, 7) is 4.18. The van der Waals surface area contributed by atoms with Gasteiger partial charge in [-0.15, -0.1) is 0 Å². The fourth-order valence-corrected chi connectivity index (χ4v) is 4.62. The Labute approximate surface area is 197 Å². The molecule has 34 heavy (non-hydrogen) atoms. The van der Waals surface area contributed by atoms with E-state index in [0.29, 0.717) is 11.6 Å². The molecule has 0 N–H and O–H groups in total. The van der Waals surface area contributed by atoms with Crippen molar-refractivity contribution in [3.05, 3.63) is 53.6 Å². The fourth-order valence-electron chi connectivity index (χ4n) is 3.64. The van der Waals surface area contributed by atoms with Crippen molar-refractivity contribution in [1.82, 2.24) is 4.90 Å². The van der Waals surface area contributed by atoms with Crippen molar-refractivity contribution < 1.29 is 35.3 Å². The largest absolute Gasteiger partial charge is 0.493 e. The summed E-state index contributed by atoms with van der Waals surface area (Å²) in [6.07, 6.45) is -1.20. The lowest BCUT2D eigenvalue weighted by atomic mass is 9.84. The van der Waals surface area contributed by atoms with E-state index in [1.165, 1.54) is 19.2 Å². The summed E-state index contributed by atoms with van der Waals surface area (Å²) in [5.41, 5.74) is -0.486. The van der Waals surface area contributed by atoms with Crippen LogP contribution in [0.1, 0.15) is 50.7 Å². The molecule has 1 amide bonds. The number of alkyl halides is 3. The van der Waals surface area contributed by atoms with Gasteiger partial charge in [0.1, 0.15) is 4.90 Å². The van der Waals surface area contributed by atoms with Crippen LogP contribution in [-0.2, 0) is 27.6 Å². The highest BCUT2D eigenvalue weighted by molar-refractivity contribution is 7.87. The molecule has 186 valence electrons.